The van der Waals surface area contributed by atoms with Crippen molar-refractivity contribution in [2.24, 2.45) is 5.10 Å². The summed E-state index contributed by atoms with van der Waals surface area (Å²) in [5, 5.41) is 15.9. The lowest BCUT2D eigenvalue weighted by atomic mass is 10.0. The van der Waals surface area contributed by atoms with Gasteiger partial charge in [-0.05, 0) is 41.5 Å². The van der Waals surface area contributed by atoms with Crippen LogP contribution in [0.5, 0.6) is 5.75 Å². The molecular formula is C27H25N3O4S. The normalized spacial score (nSPS) is 11.8. The zero-order valence-corrected chi connectivity index (χ0v) is 19.9. The van der Waals surface area contributed by atoms with Crippen LogP contribution in [0.2, 0.25) is 0 Å². The summed E-state index contributed by atoms with van der Waals surface area (Å²) < 4.78 is 27.8. The quantitative estimate of drug-likeness (QED) is 0.288. The Kier molecular flexibility index (Phi) is 7.24. The fourth-order valence-electron chi connectivity index (χ4n) is 3.66. The standard InChI is InChI=1S/C27H25N3O4S/c1-20-11-14-23(15-12-20)35(33,34)30(18-21-7-3-2-4-8-21)19-27(32)29-28-17-25-24-10-6-5-9-22(24)13-16-26(25)31/h2-17,31H,18-19H2,1H3,(H,29,32)/b28-17+. The van der Waals surface area contributed by atoms with Gasteiger partial charge in [-0.25, -0.2) is 13.8 Å². The Morgan fingerprint density at radius 1 is 0.943 bits per heavy atom. The second-order valence-corrected chi connectivity index (χ2v) is 10.0. The van der Waals surface area contributed by atoms with E-state index in [9.17, 15) is 18.3 Å². The molecule has 0 aliphatic rings. The molecule has 4 aromatic rings. The molecule has 0 heterocycles. The molecule has 0 aromatic heterocycles. The number of amides is 1. The van der Waals surface area contributed by atoms with Crippen molar-refractivity contribution in [3.05, 3.63) is 108 Å². The number of phenolic OH excluding ortho intramolecular Hbond substituents is 1. The van der Waals surface area contributed by atoms with Gasteiger partial charge in [0.15, 0.2) is 0 Å². The van der Waals surface area contributed by atoms with Crippen LogP contribution < -0.4 is 5.43 Å². The number of aromatic hydroxyl groups is 1. The zero-order chi connectivity index (χ0) is 24.8. The van der Waals surface area contributed by atoms with Gasteiger partial charge in [0, 0.05) is 12.1 Å². The first-order valence-electron chi connectivity index (χ1n) is 11.0. The summed E-state index contributed by atoms with van der Waals surface area (Å²) in [5.41, 5.74) is 4.52. The third kappa shape index (κ3) is 5.74. The molecule has 0 radical (unpaired) electrons. The molecule has 0 aliphatic heterocycles. The molecule has 0 fully saturated rings. The Hall–Kier alpha value is -4.01. The van der Waals surface area contributed by atoms with Gasteiger partial charge < -0.3 is 5.11 Å². The van der Waals surface area contributed by atoms with Crippen LogP contribution in [0.15, 0.2) is 101 Å². The highest BCUT2D eigenvalue weighted by Gasteiger charge is 2.27. The number of hydrazone groups is 1. The number of carbonyl (C=O) groups is 1. The van der Waals surface area contributed by atoms with Gasteiger partial charge in [-0.2, -0.15) is 9.41 Å². The largest absolute Gasteiger partial charge is 0.507 e. The number of fused-ring (bicyclic) bond motifs is 1. The topological polar surface area (TPSA) is 99.1 Å². The third-order valence-corrected chi connectivity index (χ3v) is 7.32. The molecule has 0 saturated heterocycles. The molecule has 4 aromatic carbocycles. The van der Waals surface area contributed by atoms with E-state index in [-0.39, 0.29) is 17.2 Å². The van der Waals surface area contributed by atoms with Gasteiger partial charge in [-0.15, -0.1) is 0 Å². The summed E-state index contributed by atoms with van der Waals surface area (Å²) in [6.07, 6.45) is 1.35. The van der Waals surface area contributed by atoms with Crippen molar-refractivity contribution >= 4 is 32.9 Å². The lowest BCUT2D eigenvalue weighted by molar-refractivity contribution is -0.121. The van der Waals surface area contributed by atoms with E-state index in [0.717, 1.165) is 26.2 Å². The molecule has 8 heteroatoms. The molecule has 0 aliphatic carbocycles. The van der Waals surface area contributed by atoms with Gasteiger partial charge in [0.1, 0.15) is 5.75 Å². The Labute approximate surface area is 204 Å². The second-order valence-electron chi connectivity index (χ2n) is 8.08. The Balaban J connectivity index is 1.55. The van der Waals surface area contributed by atoms with Crippen molar-refractivity contribution in [3.8, 4) is 5.75 Å². The molecule has 0 spiro atoms. The van der Waals surface area contributed by atoms with Crippen molar-refractivity contribution in [3.63, 3.8) is 0 Å². The summed E-state index contributed by atoms with van der Waals surface area (Å²) >= 11 is 0. The number of nitrogens with zero attached hydrogens (tertiary/aromatic N) is 2. The lowest BCUT2D eigenvalue weighted by Crippen LogP contribution is -2.39. The number of nitrogens with one attached hydrogen (secondary N) is 1. The maximum atomic E-state index is 13.3. The molecule has 0 unspecified atom stereocenters. The number of sulfonamides is 1. The highest BCUT2D eigenvalue weighted by molar-refractivity contribution is 7.89. The number of rotatable bonds is 8. The van der Waals surface area contributed by atoms with Crippen molar-refractivity contribution in [2.45, 2.75) is 18.4 Å². The molecule has 0 bridgehead atoms. The molecule has 4 rings (SSSR count). The molecule has 2 N–H and O–H groups in total. The fraction of sp³-hybridized carbons (Fsp3) is 0.111. The average Bonchev–Trinajstić information content (AvgIpc) is 2.86. The van der Waals surface area contributed by atoms with E-state index in [4.69, 9.17) is 0 Å². The van der Waals surface area contributed by atoms with Crippen molar-refractivity contribution < 1.29 is 18.3 Å². The van der Waals surface area contributed by atoms with E-state index in [2.05, 4.69) is 10.5 Å². The number of aryl methyl sites for hydroxylation is 1. The van der Waals surface area contributed by atoms with Crippen LogP contribution in [0, 0.1) is 6.92 Å². The second kappa shape index (κ2) is 10.5. The van der Waals surface area contributed by atoms with Gasteiger partial charge in [0.2, 0.25) is 10.0 Å². The van der Waals surface area contributed by atoms with Crippen LogP contribution >= 0.6 is 0 Å². The number of phenols is 1. The number of benzene rings is 4. The first kappa shape index (κ1) is 24.1. The Bertz CT molecular complexity index is 1470. The van der Waals surface area contributed by atoms with Crippen molar-refractivity contribution in [1.29, 1.82) is 0 Å². The minimum Gasteiger partial charge on any atom is -0.507 e. The third-order valence-electron chi connectivity index (χ3n) is 5.51. The average molecular weight is 488 g/mol. The van der Waals surface area contributed by atoms with E-state index < -0.39 is 22.5 Å². The van der Waals surface area contributed by atoms with Gasteiger partial charge >= 0.3 is 0 Å². The van der Waals surface area contributed by atoms with Gasteiger partial charge in [-0.1, -0.05) is 78.4 Å². The molecule has 0 atom stereocenters. The van der Waals surface area contributed by atoms with Crippen LogP contribution in [-0.4, -0.2) is 36.5 Å². The predicted molar refractivity (Wildman–Crippen MR) is 137 cm³/mol. The first-order valence-corrected chi connectivity index (χ1v) is 12.4. The zero-order valence-electron chi connectivity index (χ0n) is 19.1. The van der Waals surface area contributed by atoms with Crippen molar-refractivity contribution in [2.75, 3.05) is 6.54 Å². The molecule has 1 amide bonds. The molecule has 178 valence electrons. The predicted octanol–water partition coefficient (Wildman–Crippen LogP) is 4.20. The van der Waals surface area contributed by atoms with E-state index in [0.29, 0.717) is 5.56 Å². The summed E-state index contributed by atoms with van der Waals surface area (Å²) in [7, 11) is -3.94. The smallest absolute Gasteiger partial charge is 0.255 e. The van der Waals surface area contributed by atoms with Crippen LogP contribution in [0.4, 0.5) is 0 Å². The summed E-state index contributed by atoms with van der Waals surface area (Å²) in [5.74, 6) is -0.582. The summed E-state index contributed by atoms with van der Waals surface area (Å²) in [4.78, 5) is 12.8. The number of hydrogen-bond donors (Lipinski definition) is 2. The molecule has 7 nitrogen and oxygen atoms in total. The maximum Gasteiger partial charge on any atom is 0.255 e. The first-order chi connectivity index (χ1) is 16.8. The highest BCUT2D eigenvalue weighted by Crippen LogP contribution is 2.25. The van der Waals surface area contributed by atoms with E-state index in [1.807, 2.05) is 49.4 Å². The van der Waals surface area contributed by atoms with Crippen LogP contribution in [0.25, 0.3) is 10.8 Å². The van der Waals surface area contributed by atoms with E-state index >= 15 is 0 Å². The van der Waals surface area contributed by atoms with E-state index in [1.165, 1.54) is 18.3 Å². The maximum absolute atomic E-state index is 13.3. The lowest BCUT2D eigenvalue weighted by Gasteiger charge is -2.21. The highest BCUT2D eigenvalue weighted by atomic mass is 32.2. The van der Waals surface area contributed by atoms with Gasteiger partial charge in [0.25, 0.3) is 5.91 Å². The molecule has 0 saturated carbocycles. The van der Waals surface area contributed by atoms with Crippen molar-refractivity contribution in [1.82, 2.24) is 9.73 Å². The number of hydrogen-bond acceptors (Lipinski definition) is 5. The fourth-order valence-corrected chi connectivity index (χ4v) is 5.04. The van der Waals surface area contributed by atoms with Crippen LogP contribution in [0.3, 0.4) is 0 Å². The SMILES string of the molecule is Cc1ccc(S(=O)(=O)N(CC(=O)N/N=C/c2c(O)ccc3ccccc23)Cc2ccccc2)cc1. The number of carbonyl (C=O) groups excluding carboxylic acids is 1. The molecular weight excluding hydrogens is 462 g/mol. The summed E-state index contributed by atoms with van der Waals surface area (Å²) in [6, 6.07) is 26.4. The molecule has 35 heavy (non-hydrogen) atoms. The Morgan fingerprint density at radius 3 is 2.37 bits per heavy atom. The van der Waals surface area contributed by atoms with E-state index in [1.54, 1.807) is 36.4 Å². The van der Waals surface area contributed by atoms with Gasteiger partial charge in [0.05, 0.1) is 17.7 Å². The van der Waals surface area contributed by atoms with Gasteiger partial charge in [-0.3, -0.25) is 4.79 Å². The summed E-state index contributed by atoms with van der Waals surface area (Å²) in [6.45, 7) is 1.47. The minimum absolute atomic E-state index is 0.0225. The minimum atomic E-state index is -3.94. The Morgan fingerprint density at radius 2 is 1.63 bits per heavy atom. The monoisotopic (exact) mass is 487 g/mol. The van der Waals surface area contributed by atoms with Crippen LogP contribution in [0.1, 0.15) is 16.7 Å². The van der Waals surface area contributed by atoms with Crippen LogP contribution in [-0.2, 0) is 21.4 Å².